The van der Waals surface area contributed by atoms with Crippen LogP contribution in [-0.2, 0) is 12.8 Å². The van der Waals surface area contributed by atoms with Crippen LogP contribution in [0.5, 0.6) is 0 Å². The van der Waals surface area contributed by atoms with Crippen LogP contribution in [0.1, 0.15) is 32.2 Å². The van der Waals surface area contributed by atoms with Crippen LogP contribution in [0.4, 0.5) is 0 Å². The molecule has 0 spiro atoms. The van der Waals surface area contributed by atoms with E-state index in [1.807, 2.05) is 19.9 Å². The van der Waals surface area contributed by atoms with E-state index in [1.165, 1.54) is 0 Å². The van der Waals surface area contributed by atoms with Gasteiger partial charge in [0.25, 0.3) is 0 Å². The Hall–Kier alpha value is -0.740. The highest BCUT2D eigenvalue weighted by atomic mass is 32.1. The molecule has 0 fully saturated rings. The van der Waals surface area contributed by atoms with Crippen molar-refractivity contribution in [1.29, 1.82) is 0 Å². The van der Waals surface area contributed by atoms with Gasteiger partial charge in [-0.2, -0.15) is 0 Å². The van der Waals surface area contributed by atoms with Gasteiger partial charge in [-0.05, 0) is 6.42 Å². The fourth-order valence-corrected chi connectivity index (χ4v) is 1.51. The molecule has 0 aliphatic carbocycles. The number of H-pyrrole nitrogens is 2. The zero-order valence-electron chi connectivity index (χ0n) is 9.52. The number of aromatic nitrogens is 2. The molecular formula is C11H18N2S2. The van der Waals surface area contributed by atoms with Gasteiger partial charge in [-0.25, -0.2) is 0 Å². The second kappa shape index (κ2) is 7.54. The standard InChI is InChI=1S/C9H12N2S2.C2H6/c1-3-5-7-6(4-2)10-8(12)9(13)11-7;1-2/h3H,1,4-5H2,2H3,(H,10,12)(H,11,13);1-2H3. The Kier molecular flexibility index (Phi) is 7.17. The van der Waals surface area contributed by atoms with Gasteiger partial charge in [-0.15, -0.1) is 6.58 Å². The fourth-order valence-electron chi connectivity index (χ4n) is 1.16. The van der Waals surface area contributed by atoms with Crippen LogP contribution < -0.4 is 0 Å². The summed E-state index contributed by atoms with van der Waals surface area (Å²) in [7, 11) is 0. The smallest absolute Gasteiger partial charge is 0.138 e. The number of allylic oxidation sites excluding steroid dienone is 1. The van der Waals surface area contributed by atoms with Gasteiger partial charge >= 0.3 is 0 Å². The summed E-state index contributed by atoms with van der Waals surface area (Å²) in [5.74, 6) is 0. The van der Waals surface area contributed by atoms with Crippen molar-refractivity contribution in [2.45, 2.75) is 33.6 Å². The highest BCUT2D eigenvalue weighted by Gasteiger charge is 1.99. The summed E-state index contributed by atoms with van der Waals surface area (Å²) in [5, 5.41) is 0. The van der Waals surface area contributed by atoms with Gasteiger partial charge in [0.1, 0.15) is 9.28 Å². The third-order valence-electron chi connectivity index (χ3n) is 1.80. The highest BCUT2D eigenvalue weighted by Crippen LogP contribution is 2.05. The fraction of sp³-hybridized carbons (Fsp3) is 0.455. The highest BCUT2D eigenvalue weighted by molar-refractivity contribution is 7.73. The minimum Gasteiger partial charge on any atom is -0.346 e. The maximum absolute atomic E-state index is 5.04. The molecule has 0 saturated carbocycles. The minimum absolute atomic E-state index is 0.601. The molecule has 1 aromatic rings. The molecule has 4 heteroatoms. The van der Waals surface area contributed by atoms with Gasteiger partial charge in [0, 0.05) is 17.8 Å². The lowest BCUT2D eigenvalue weighted by Crippen LogP contribution is -2.00. The Morgan fingerprint density at radius 3 is 2.00 bits per heavy atom. The number of hydrogen-bond acceptors (Lipinski definition) is 2. The van der Waals surface area contributed by atoms with E-state index in [1.54, 1.807) is 0 Å². The summed E-state index contributed by atoms with van der Waals surface area (Å²) < 4.78 is 1.21. The molecule has 0 saturated heterocycles. The SMILES string of the molecule is C=CCc1[nH]c(=S)c(=S)[nH]c1CC.CC. The van der Waals surface area contributed by atoms with E-state index in [-0.39, 0.29) is 0 Å². The first kappa shape index (κ1) is 14.3. The molecule has 0 aliphatic heterocycles. The van der Waals surface area contributed by atoms with Crippen LogP contribution in [0.3, 0.4) is 0 Å². The lowest BCUT2D eigenvalue weighted by Gasteiger charge is -2.05. The third-order valence-corrected chi connectivity index (χ3v) is 2.54. The lowest BCUT2D eigenvalue weighted by molar-refractivity contribution is 0.916. The van der Waals surface area contributed by atoms with E-state index < -0.39 is 0 Å². The van der Waals surface area contributed by atoms with Crippen molar-refractivity contribution >= 4 is 24.4 Å². The van der Waals surface area contributed by atoms with Gasteiger partial charge in [0.05, 0.1) is 0 Å². The van der Waals surface area contributed by atoms with Gasteiger partial charge in [0.2, 0.25) is 0 Å². The minimum atomic E-state index is 0.601. The Morgan fingerprint density at radius 1 is 1.13 bits per heavy atom. The maximum Gasteiger partial charge on any atom is 0.138 e. The van der Waals surface area contributed by atoms with Crippen molar-refractivity contribution < 1.29 is 0 Å². The van der Waals surface area contributed by atoms with Crippen LogP contribution in [0.15, 0.2) is 12.7 Å². The first-order valence-corrected chi connectivity index (χ1v) is 5.96. The zero-order chi connectivity index (χ0) is 11.8. The van der Waals surface area contributed by atoms with E-state index in [0.717, 1.165) is 24.2 Å². The van der Waals surface area contributed by atoms with E-state index in [2.05, 4.69) is 23.5 Å². The van der Waals surface area contributed by atoms with Gasteiger partial charge in [-0.1, -0.05) is 51.3 Å². The van der Waals surface area contributed by atoms with E-state index in [0.29, 0.717) is 9.28 Å². The molecule has 1 aromatic heterocycles. The normalized spacial score (nSPS) is 9.00. The number of nitrogens with one attached hydrogen (secondary N) is 2. The van der Waals surface area contributed by atoms with Gasteiger partial charge in [-0.3, -0.25) is 0 Å². The molecule has 0 radical (unpaired) electrons. The van der Waals surface area contributed by atoms with Crippen LogP contribution in [-0.4, -0.2) is 9.97 Å². The second-order valence-corrected chi connectivity index (χ2v) is 3.53. The summed E-state index contributed by atoms with van der Waals surface area (Å²) in [4.78, 5) is 6.21. The Morgan fingerprint density at radius 2 is 1.60 bits per heavy atom. The molecule has 2 N–H and O–H groups in total. The molecule has 0 aromatic carbocycles. The molecule has 0 aliphatic rings. The van der Waals surface area contributed by atoms with Crippen LogP contribution in [0.2, 0.25) is 0 Å². The number of aromatic amines is 2. The Labute approximate surface area is 101 Å². The largest absolute Gasteiger partial charge is 0.346 e. The van der Waals surface area contributed by atoms with Crippen LogP contribution in [0.25, 0.3) is 0 Å². The molecule has 84 valence electrons. The van der Waals surface area contributed by atoms with Crippen molar-refractivity contribution in [3.05, 3.63) is 33.3 Å². The average Bonchev–Trinajstić information content (AvgIpc) is 2.26. The molecule has 1 heterocycles. The molecule has 0 bridgehead atoms. The summed E-state index contributed by atoms with van der Waals surface area (Å²) in [6.45, 7) is 9.76. The zero-order valence-corrected chi connectivity index (χ0v) is 11.1. The molecule has 1 rings (SSSR count). The van der Waals surface area contributed by atoms with E-state index in [4.69, 9.17) is 24.4 Å². The topological polar surface area (TPSA) is 31.6 Å². The first-order chi connectivity index (χ1) is 7.19. The van der Waals surface area contributed by atoms with Crippen molar-refractivity contribution in [3.63, 3.8) is 0 Å². The molecule has 0 atom stereocenters. The molecular weight excluding hydrogens is 224 g/mol. The van der Waals surface area contributed by atoms with E-state index >= 15 is 0 Å². The predicted octanol–water partition coefficient (Wildman–Crippen LogP) is 4.12. The molecule has 15 heavy (non-hydrogen) atoms. The summed E-state index contributed by atoms with van der Waals surface area (Å²) in [6, 6.07) is 0. The van der Waals surface area contributed by atoms with Crippen LogP contribution >= 0.6 is 24.4 Å². The summed E-state index contributed by atoms with van der Waals surface area (Å²) in [5.41, 5.74) is 2.19. The predicted molar refractivity (Wildman–Crippen MR) is 71.4 cm³/mol. The number of rotatable bonds is 3. The molecule has 2 nitrogen and oxygen atoms in total. The number of aryl methyl sites for hydroxylation is 1. The van der Waals surface area contributed by atoms with Crippen molar-refractivity contribution in [3.8, 4) is 0 Å². The van der Waals surface area contributed by atoms with Crippen molar-refractivity contribution in [1.82, 2.24) is 9.97 Å². The van der Waals surface area contributed by atoms with Crippen molar-refractivity contribution in [2.75, 3.05) is 0 Å². The Bertz CT molecular complexity index is 415. The second-order valence-electron chi connectivity index (χ2n) is 2.71. The Balaban J connectivity index is 0.000000921. The van der Waals surface area contributed by atoms with Gasteiger partial charge in [0.15, 0.2) is 0 Å². The third kappa shape index (κ3) is 4.10. The summed E-state index contributed by atoms with van der Waals surface area (Å²) in [6.07, 6.45) is 3.55. The average molecular weight is 242 g/mol. The molecule has 0 amide bonds. The first-order valence-electron chi connectivity index (χ1n) is 5.14. The van der Waals surface area contributed by atoms with Gasteiger partial charge < -0.3 is 9.97 Å². The monoisotopic (exact) mass is 242 g/mol. The molecule has 0 unspecified atom stereocenters. The summed E-state index contributed by atoms with van der Waals surface area (Å²) >= 11 is 10.1. The lowest BCUT2D eigenvalue weighted by atomic mass is 10.2. The van der Waals surface area contributed by atoms with Crippen molar-refractivity contribution in [2.24, 2.45) is 0 Å². The quantitative estimate of drug-likeness (QED) is 0.617. The van der Waals surface area contributed by atoms with Crippen LogP contribution in [0, 0.1) is 9.28 Å². The maximum atomic E-state index is 5.04. The number of hydrogen-bond donors (Lipinski definition) is 2. The van der Waals surface area contributed by atoms with E-state index in [9.17, 15) is 0 Å².